The van der Waals surface area contributed by atoms with Crippen molar-refractivity contribution in [3.8, 4) is 0 Å². The summed E-state index contributed by atoms with van der Waals surface area (Å²) in [5.74, 6) is 1.01. The van der Waals surface area contributed by atoms with Gasteiger partial charge in [0.05, 0.1) is 11.5 Å². The van der Waals surface area contributed by atoms with Gasteiger partial charge in [-0.2, -0.15) is 0 Å². The van der Waals surface area contributed by atoms with Gasteiger partial charge in [-0.05, 0) is 25.3 Å². The molecule has 2 atom stereocenters. The Balaban J connectivity index is 2.06. The first-order chi connectivity index (χ1) is 8.87. The molecule has 0 radical (unpaired) electrons. The monoisotopic (exact) mass is 284 g/mol. The lowest BCUT2D eigenvalue weighted by atomic mass is 10.1. The number of rotatable bonds is 4. The molecule has 2 heterocycles. The standard InChI is InChI=1S/C12H20N4O2S/c1-9(13)5-10-6-14-12(15-7-10)16(2)11-3-4-19(17,18)8-11/h6-7,9,11H,3-5,8,13H2,1-2H3. The average molecular weight is 284 g/mol. The van der Waals surface area contributed by atoms with Crippen molar-refractivity contribution in [2.45, 2.75) is 31.8 Å². The van der Waals surface area contributed by atoms with Crippen molar-refractivity contribution >= 4 is 15.8 Å². The first kappa shape index (κ1) is 14.2. The molecule has 1 saturated heterocycles. The van der Waals surface area contributed by atoms with Crippen LogP contribution in [0.4, 0.5) is 5.95 Å². The van der Waals surface area contributed by atoms with Gasteiger partial charge in [-0.25, -0.2) is 18.4 Å². The molecule has 0 spiro atoms. The number of hydrogen-bond donors (Lipinski definition) is 1. The predicted molar refractivity (Wildman–Crippen MR) is 74.8 cm³/mol. The molecule has 6 nitrogen and oxygen atoms in total. The molecule has 1 fully saturated rings. The highest BCUT2D eigenvalue weighted by Gasteiger charge is 2.31. The van der Waals surface area contributed by atoms with Crippen molar-refractivity contribution in [2.75, 3.05) is 23.5 Å². The summed E-state index contributed by atoms with van der Waals surface area (Å²) >= 11 is 0. The van der Waals surface area contributed by atoms with E-state index >= 15 is 0 Å². The summed E-state index contributed by atoms with van der Waals surface area (Å²) in [6.45, 7) is 1.93. The maximum Gasteiger partial charge on any atom is 0.225 e. The van der Waals surface area contributed by atoms with Crippen molar-refractivity contribution in [2.24, 2.45) is 5.73 Å². The van der Waals surface area contributed by atoms with E-state index in [-0.39, 0.29) is 23.6 Å². The average Bonchev–Trinajstić information content (AvgIpc) is 2.69. The van der Waals surface area contributed by atoms with Gasteiger partial charge in [0, 0.05) is 31.5 Å². The summed E-state index contributed by atoms with van der Waals surface area (Å²) < 4.78 is 22.9. The summed E-state index contributed by atoms with van der Waals surface area (Å²) in [6.07, 6.45) is 4.89. The van der Waals surface area contributed by atoms with Gasteiger partial charge in [0.2, 0.25) is 5.95 Å². The van der Waals surface area contributed by atoms with Crippen LogP contribution >= 0.6 is 0 Å². The molecule has 0 saturated carbocycles. The van der Waals surface area contributed by atoms with E-state index in [1.165, 1.54) is 0 Å². The molecule has 2 unspecified atom stereocenters. The second kappa shape index (κ2) is 5.42. The SMILES string of the molecule is CC(N)Cc1cnc(N(C)C2CCS(=O)(=O)C2)nc1. The Bertz CT molecular complexity index is 527. The first-order valence-electron chi connectivity index (χ1n) is 6.37. The molecule has 0 bridgehead atoms. The van der Waals surface area contributed by atoms with Gasteiger partial charge in [-0.15, -0.1) is 0 Å². The summed E-state index contributed by atoms with van der Waals surface area (Å²) in [5, 5.41) is 0. The maximum atomic E-state index is 11.5. The van der Waals surface area contributed by atoms with Crippen LogP contribution in [0.15, 0.2) is 12.4 Å². The molecular formula is C12H20N4O2S. The highest BCUT2D eigenvalue weighted by molar-refractivity contribution is 7.91. The lowest BCUT2D eigenvalue weighted by Gasteiger charge is -2.23. The van der Waals surface area contributed by atoms with Crippen LogP contribution in [0.3, 0.4) is 0 Å². The van der Waals surface area contributed by atoms with E-state index in [0.29, 0.717) is 12.4 Å². The van der Waals surface area contributed by atoms with Gasteiger partial charge in [0.1, 0.15) is 0 Å². The van der Waals surface area contributed by atoms with Crippen LogP contribution in [-0.4, -0.2) is 49.0 Å². The molecule has 1 aromatic heterocycles. The third kappa shape index (κ3) is 3.63. The highest BCUT2D eigenvalue weighted by Crippen LogP contribution is 2.19. The maximum absolute atomic E-state index is 11.5. The Labute approximate surface area is 114 Å². The molecule has 2 rings (SSSR count). The molecule has 7 heteroatoms. The van der Waals surface area contributed by atoms with Gasteiger partial charge >= 0.3 is 0 Å². The smallest absolute Gasteiger partial charge is 0.225 e. The normalized spacial score (nSPS) is 23.2. The van der Waals surface area contributed by atoms with E-state index in [0.717, 1.165) is 12.0 Å². The number of nitrogens with two attached hydrogens (primary N) is 1. The highest BCUT2D eigenvalue weighted by atomic mass is 32.2. The second-order valence-electron chi connectivity index (χ2n) is 5.24. The molecule has 0 aromatic carbocycles. The van der Waals surface area contributed by atoms with Crippen LogP contribution in [0.25, 0.3) is 0 Å². The topological polar surface area (TPSA) is 89.2 Å². The van der Waals surface area contributed by atoms with E-state index in [1.54, 1.807) is 12.4 Å². The summed E-state index contributed by atoms with van der Waals surface area (Å²) in [5.41, 5.74) is 6.71. The number of hydrogen-bond acceptors (Lipinski definition) is 6. The Hall–Kier alpha value is -1.21. The molecule has 1 aliphatic rings. The number of aromatic nitrogens is 2. The first-order valence-corrected chi connectivity index (χ1v) is 8.19. The minimum absolute atomic E-state index is 0.0238. The third-order valence-electron chi connectivity index (χ3n) is 3.32. The quantitative estimate of drug-likeness (QED) is 0.836. The Morgan fingerprint density at radius 3 is 2.58 bits per heavy atom. The zero-order valence-electron chi connectivity index (χ0n) is 11.3. The zero-order chi connectivity index (χ0) is 14.0. The fourth-order valence-corrected chi connectivity index (χ4v) is 4.03. The number of anilines is 1. The fourth-order valence-electron chi connectivity index (χ4n) is 2.25. The van der Waals surface area contributed by atoms with Crippen molar-refractivity contribution in [3.05, 3.63) is 18.0 Å². The van der Waals surface area contributed by atoms with Crippen molar-refractivity contribution < 1.29 is 8.42 Å². The molecule has 0 aliphatic carbocycles. The van der Waals surface area contributed by atoms with Gasteiger partial charge < -0.3 is 10.6 Å². The minimum atomic E-state index is -2.89. The van der Waals surface area contributed by atoms with Gasteiger partial charge in [0.25, 0.3) is 0 Å². The molecular weight excluding hydrogens is 264 g/mol. The van der Waals surface area contributed by atoms with Crippen LogP contribution in [0.5, 0.6) is 0 Å². The van der Waals surface area contributed by atoms with E-state index < -0.39 is 9.84 Å². The lowest BCUT2D eigenvalue weighted by molar-refractivity contribution is 0.600. The Kier molecular flexibility index (Phi) is 4.05. The Morgan fingerprint density at radius 1 is 1.47 bits per heavy atom. The molecule has 106 valence electrons. The third-order valence-corrected chi connectivity index (χ3v) is 5.07. The van der Waals surface area contributed by atoms with Crippen LogP contribution in [0.1, 0.15) is 18.9 Å². The molecule has 1 aromatic rings. The van der Waals surface area contributed by atoms with E-state index in [2.05, 4.69) is 9.97 Å². The predicted octanol–water partition coefficient (Wildman–Crippen LogP) is -0.0104. The number of sulfone groups is 1. The summed E-state index contributed by atoms with van der Waals surface area (Å²) in [4.78, 5) is 10.4. The summed E-state index contributed by atoms with van der Waals surface area (Å²) in [7, 11) is -1.05. The summed E-state index contributed by atoms with van der Waals surface area (Å²) in [6, 6.07) is 0.0523. The second-order valence-corrected chi connectivity index (χ2v) is 7.47. The molecule has 2 N–H and O–H groups in total. The Morgan fingerprint density at radius 2 is 2.11 bits per heavy atom. The van der Waals surface area contributed by atoms with Crippen molar-refractivity contribution in [1.29, 1.82) is 0 Å². The molecule has 0 amide bonds. The minimum Gasteiger partial charge on any atom is -0.340 e. The largest absolute Gasteiger partial charge is 0.340 e. The van der Waals surface area contributed by atoms with Crippen molar-refractivity contribution in [3.63, 3.8) is 0 Å². The van der Waals surface area contributed by atoms with Crippen molar-refractivity contribution in [1.82, 2.24) is 9.97 Å². The molecule has 19 heavy (non-hydrogen) atoms. The van der Waals surface area contributed by atoms with Crippen LogP contribution < -0.4 is 10.6 Å². The van der Waals surface area contributed by atoms with E-state index in [9.17, 15) is 8.42 Å². The van der Waals surface area contributed by atoms with Gasteiger partial charge in [-0.1, -0.05) is 0 Å². The van der Waals surface area contributed by atoms with E-state index in [4.69, 9.17) is 5.73 Å². The number of nitrogens with zero attached hydrogens (tertiary/aromatic N) is 3. The van der Waals surface area contributed by atoms with Gasteiger partial charge in [0.15, 0.2) is 9.84 Å². The van der Waals surface area contributed by atoms with Crippen LogP contribution in [0.2, 0.25) is 0 Å². The van der Waals surface area contributed by atoms with E-state index in [1.807, 2.05) is 18.9 Å². The van der Waals surface area contributed by atoms with Gasteiger partial charge in [-0.3, -0.25) is 0 Å². The van der Waals surface area contributed by atoms with Crippen LogP contribution in [0, 0.1) is 0 Å². The lowest BCUT2D eigenvalue weighted by Crippen LogP contribution is -2.33. The fraction of sp³-hybridized carbons (Fsp3) is 0.667. The zero-order valence-corrected chi connectivity index (χ0v) is 12.1. The van der Waals surface area contributed by atoms with Crippen LogP contribution in [-0.2, 0) is 16.3 Å². The molecule has 1 aliphatic heterocycles.